The van der Waals surface area contributed by atoms with Gasteiger partial charge in [-0.3, -0.25) is 4.57 Å². The maximum absolute atomic E-state index is 6.07. The number of hydrogen-bond donors (Lipinski definition) is 1. The molecule has 3 aromatic heterocycles. The monoisotopic (exact) mass is 271 g/mol. The minimum Gasteiger partial charge on any atom is -0.369 e. The van der Waals surface area contributed by atoms with Crippen LogP contribution in [0.2, 0.25) is 0 Å². The molecule has 0 aliphatic heterocycles. The van der Waals surface area contributed by atoms with Crippen molar-refractivity contribution in [1.82, 2.24) is 19.7 Å². The van der Waals surface area contributed by atoms with Crippen molar-refractivity contribution < 1.29 is 4.52 Å². The number of aromatic nitrogens is 4. The van der Waals surface area contributed by atoms with Crippen molar-refractivity contribution in [3.05, 3.63) is 34.8 Å². The number of fused-ring (bicyclic) bond motifs is 1. The molecule has 6 nitrogen and oxygen atoms in total. The smallest absolute Gasteiger partial charge is 0.203 e. The van der Waals surface area contributed by atoms with Crippen LogP contribution in [0.4, 0.5) is 5.95 Å². The molecule has 6 heteroatoms. The van der Waals surface area contributed by atoms with E-state index >= 15 is 0 Å². The number of nitrogens with two attached hydrogens (primary N) is 1. The third-order valence-electron chi connectivity index (χ3n) is 3.60. The predicted octanol–water partition coefficient (Wildman–Crippen LogP) is 2.54. The molecule has 1 unspecified atom stereocenters. The Bertz CT molecular complexity index is 767. The van der Waals surface area contributed by atoms with E-state index in [0.717, 1.165) is 33.9 Å². The van der Waals surface area contributed by atoms with Crippen molar-refractivity contribution in [2.45, 2.75) is 33.7 Å². The highest BCUT2D eigenvalue weighted by Gasteiger charge is 2.22. The fourth-order valence-electron chi connectivity index (χ4n) is 2.68. The van der Waals surface area contributed by atoms with E-state index < -0.39 is 0 Å². The van der Waals surface area contributed by atoms with Crippen LogP contribution in [0.5, 0.6) is 0 Å². The van der Waals surface area contributed by atoms with Crippen molar-refractivity contribution in [2.75, 3.05) is 5.73 Å². The van der Waals surface area contributed by atoms with Gasteiger partial charge in [0.1, 0.15) is 11.3 Å². The number of hydrogen-bond acceptors (Lipinski definition) is 5. The lowest BCUT2D eigenvalue weighted by molar-refractivity contribution is 0.391. The number of rotatable bonds is 2. The normalized spacial score (nSPS) is 13.0. The lowest BCUT2D eigenvalue weighted by Crippen LogP contribution is -2.12. The van der Waals surface area contributed by atoms with E-state index in [1.54, 1.807) is 0 Å². The molecule has 0 spiro atoms. The van der Waals surface area contributed by atoms with Crippen LogP contribution >= 0.6 is 0 Å². The van der Waals surface area contributed by atoms with Gasteiger partial charge in [0, 0.05) is 11.3 Å². The van der Waals surface area contributed by atoms with Crippen LogP contribution in [0.15, 0.2) is 16.7 Å². The highest BCUT2D eigenvalue weighted by atomic mass is 16.5. The molecule has 0 radical (unpaired) electrons. The summed E-state index contributed by atoms with van der Waals surface area (Å²) in [4.78, 5) is 8.93. The average molecular weight is 271 g/mol. The van der Waals surface area contributed by atoms with Crippen LogP contribution in [-0.4, -0.2) is 19.7 Å². The summed E-state index contributed by atoms with van der Waals surface area (Å²) in [5, 5.41) is 4.00. The van der Waals surface area contributed by atoms with E-state index in [9.17, 15) is 0 Å². The molecule has 0 saturated heterocycles. The summed E-state index contributed by atoms with van der Waals surface area (Å²) in [6.07, 6.45) is 0. The molecule has 2 N–H and O–H groups in total. The predicted molar refractivity (Wildman–Crippen MR) is 76.5 cm³/mol. The van der Waals surface area contributed by atoms with Gasteiger partial charge in [0.15, 0.2) is 5.65 Å². The quantitative estimate of drug-likeness (QED) is 0.774. The zero-order valence-corrected chi connectivity index (χ0v) is 12.0. The van der Waals surface area contributed by atoms with Crippen molar-refractivity contribution in [1.29, 1.82) is 0 Å². The third kappa shape index (κ3) is 1.76. The fraction of sp³-hybridized carbons (Fsp3) is 0.357. The van der Waals surface area contributed by atoms with Gasteiger partial charge in [-0.05, 0) is 39.8 Å². The van der Waals surface area contributed by atoms with Crippen LogP contribution in [-0.2, 0) is 0 Å². The maximum Gasteiger partial charge on any atom is 0.203 e. The molecule has 0 aliphatic rings. The standard InChI is InChI=1S/C14H17N5O/c1-7-5-6-11-13(16-7)19(14(15)17-11)9(3)12-8(2)18-20-10(12)4/h5-6,9H,1-4H3,(H2,15,17). The second-order valence-corrected chi connectivity index (χ2v) is 5.05. The Morgan fingerprint density at radius 1 is 1.20 bits per heavy atom. The van der Waals surface area contributed by atoms with Gasteiger partial charge in [-0.25, -0.2) is 9.97 Å². The molecule has 0 saturated carbocycles. The fourth-order valence-corrected chi connectivity index (χ4v) is 2.68. The van der Waals surface area contributed by atoms with Gasteiger partial charge < -0.3 is 10.3 Å². The summed E-state index contributed by atoms with van der Waals surface area (Å²) >= 11 is 0. The van der Waals surface area contributed by atoms with Gasteiger partial charge in [-0.2, -0.15) is 0 Å². The Labute approximate surface area is 116 Å². The zero-order valence-electron chi connectivity index (χ0n) is 12.0. The van der Waals surface area contributed by atoms with Crippen molar-refractivity contribution in [2.24, 2.45) is 0 Å². The van der Waals surface area contributed by atoms with Gasteiger partial charge in [0.2, 0.25) is 5.95 Å². The summed E-state index contributed by atoms with van der Waals surface area (Å²) < 4.78 is 7.17. The molecule has 3 aromatic rings. The number of imidazole rings is 1. The topological polar surface area (TPSA) is 82.8 Å². The molecule has 1 atom stereocenters. The van der Waals surface area contributed by atoms with Crippen LogP contribution < -0.4 is 5.73 Å². The molecule has 0 aliphatic carbocycles. The van der Waals surface area contributed by atoms with E-state index in [-0.39, 0.29) is 6.04 Å². The Hall–Kier alpha value is -2.37. The number of nitrogens with zero attached hydrogens (tertiary/aromatic N) is 4. The van der Waals surface area contributed by atoms with Crippen LogP contribution in [0.1, 0.15) is 35.7 Å². The van der Waals surface area contributed by atoms with Crippen LogP contribution in [0.3, 0.4) is 0 Å². The zero-order chi connectivity index (χ0) is 14.4. The molecule has 20 heavy (non-hydrogen) atoms. The van der Waals surface area contributed by atoms with E-state index in [0.29, 0.717) is 5.95 Å². The highest BCUT2D eigenvalue weighted by molar-refractivity contribution is 5.74. The summed E-state index contributed by atoms with van der Waals surface area (Å²) in [5.74, 6) is 1.24. The van der Waals surface area contributed by atoms with Crippen molar-refractivity contribution in [3.63, 3.8) is 0 Å². The summed E-state index contributed by atoms with van der Waals surface area (Å²) in [7, 11) is 0. The first-order valence-electron chi connectivity index (χ1n) is 6.53. The van der Waals surface area contributed by atoms with E-state index in [4.69, 9.17) is 10.3 Å². The van der Waals surface area contributed by atoms with E-state index in [1.807, 2.05) is 44.4 Å². The summed E-state index contributed by atoms with van der Waals surface area (Å²) in [6, 6.07) is 3.84. The van der Waals surface area contributed by atoms with Crippen LogP contribution in [0.25, 0.3) is 11.2 Å². The molecule has 3 rings (SSSR count). The summed E-state index contributed by atoms with van der Waals surface area (Å²) in [5.41, 5.74) is 10.5. The number of anilines is 1. The van der Waals surface area contributed by atoms with Crippen molar-refractivity contribution >= 4 is 17.1 Å². The summed E-state index contributed by atoms with van der Waals surface area (Å²) in [6.45, 7) is 7.83. The minimum absolute atomic E-state index is 0.0273. The molecule has 0 amide bonds. The van der Waals surface area contributed by atoms with Gasteiger partial charge in [-0.15, -0.1) is 0 Å². The first-order chi connectivity index (χ1) is 9.49. The number of pyridine rings is 1. The van der Waals surface area contributed by atoms with Gasteiger partial charge in [-0.1, -0.05) is 5.16 Å². The molecule has 104 valence electrons. The van der Waals surface area contributed by atoms with E-state index in [1.165, 1.54) is 0 Å². The average Bonchev–Trinajstić information content (AvgIpc) is 2.88. The number of aryl methyl sites for hydroxylation is 3. The molecule has 0 aromatic carbocycles. The molecular weight excluding hydrogens is 254 g/mol. The second kappa shape index (κ2) is 4.33. The highest BCUT2D eigenvalue weighted by Crippen LogP contribution is 2.30. The van der Waals surface area contributed by atoms with Gasteiger partial charge >= 0.3 is 0 Å². The van der Waals surface area contributed by atoms with Gasteiger partial charge in [0.25, 0.3) is 0 Å². The maximum atomic E-state index is 6.07. The Kier molecular flexibility index (Phi) is 2.74. The second-order valence-electron chi connectivity index (χ2n) is 5.05. The van der Waals surface area contributed by atoms with Crippen molar-refractivity contribution in [3.8, 4) is 0 Å². The van der Waals surface area contributed by atoms with Gasteiger partial charge in [0.05, 0.1) is 11.7 Å². The molecule has 0 bridgehead atoms. The lowest BCUT2D eigenvalue weighted by Gasteiger charge is -2.15. The Morgan fingerprint density at radius 2 is 1.95 bits per heavy atom. The first kappa shape index (κ1) is 12.7. The SMILES string of the molecule is Cc1ccc2nc(N)n(C(C)c3c(C)noc3C)c2n1. The minimum atomic E-state index is -0.0273. The lowest BCUT2D eigenvalue weighted by atomic mass is 10.1. The van der Waals surface area contributed by atoms with E-state index in [2.05, 4.69) is 15.1 Å². The Morgan fingerprint density at radius 3 is 2.60 bits per heavy atom. The number of nitrogen functional groups attached to an aromatic ring is 1. The van der Waals surface area contributed by atoms with Crippen LogP contribution in [0, 0.1) is 20.8 Å². The molecule has 0 fully saturated rings. The molecule has 3 heterocycles. The first-order valence-corrected chi connectivity index (χ1v) is 6.53. The molecular formula is C14H17N5O. The Balaban J connectivity index is 2.24. The largest absolute Gasteiger partial charge is 0.369 e. The third-order valence-corrected chi connectivity index (χ3v) is 3.60.